The lowest BCUT2D eigenvalue weighted by molar-refractivity contribution is 0.544. The predicted molar refractivity (Wildman–Crippen MR) is 91.7 cm³/mol. The summed E-state index contributed by atoms with van der Waals surface area (Å²) in [5.74, 6) is 0.0342. The van der Waals surface area contributed by atoms with E-state index >= 15 is 0 Å². The third-order valence-electron chi connectivity index (χ3n) is 3.50. The molecule has 0 radical (unpaired) electrons. The van der Waals surface area contributed by atoms with Crippen LogP contribution >= 0.6 is 11.3 Å². The van der Waals surface area contributed by atoms with Gasteiger partial charge in [-0.1, -0.05) is 44.2 Å². The standard InChI is InChI=1S/C16H22N2O2S2/c1-4-15(16-17-13(3)10-21-16)18-22(19,20)11-12(2)14-8-6-5-7-9-14/h5-10,12,15,18H,4,11H2,1-3H3. The van der Waals surface area contributed by atoms with E-state index in [0.717, 1.165) is 16.3 Å². The van der Waals surface area contributed by atoms with Crippen LogP contribution in [0.1, 0.15) is 48.5 Å². The maximum absolute atomic E-state index is 12.4. The highest BCUT2D eigenvalue weighted by Gasteiger charge is 2.23. The number of benzene rings is 1. The summed E-state index contributed by atoms with van der Waals surface area (Å²) in [5, 5.41) is 2.77. The fraction of sp³-hybridized carbons (Fsp3) is 0.438. The number of nitrogens with zero attached hydrogens (tertiary/aromatic N) is 1. The summed E-state index contributed by atoms with van der Waals surface area (Å²) in [7, 11) is -3.36. The normalized spacial score (nSPS) is 14.7. The van der Waals surface area contributed by atoms with Gasteiger partial charge in [-0.3, -0.25) is 0 Å². The zero-order valence-corrected chi connectivity index (χ0v) is 14.7. The molecule has 0 saturated heterocycles. The molecule has 0 amide bonds. The molecule has 1 aromatic carbocycles. The molecule has 0 aliphatic rings. The molecule has 1 N–H and O–H groups in total. The molecule has 120 valence electrons. The van der Waals surface area contributed by atoms with Crippen molar-refractivity contribution in [1.82, 2.24) is 9.71 Å². The van der Waals surface area contributed by atoms with Gasteiger partial charge >= 0.3 is 0 Å². The Morgan fingerprint density at radius 2 is 1.95 bits per heavy atom. The van der Waals surface area contributed by atoms with E-state index in [9.17, 15) is 8.42 Å². The van der Waals surface area contributed by atoms with E-state index in [1.807, 2.05) is 56.5 Å². The van der Waals surface area contributed by atoms with Crippen LogP contribution in [0, 0.1) is 6.92 Å². The van der Waals surface area contributed by atoms with Gasteiger partial charge in [0.25, 0.3) is 0 Å². The second-order valence-electron chi connectivity index (χ2n) is 5.50. The average molecular weight is 338 g/mol. The van der Waals surface area contributed by atoms with E-state index in [1.54, 1.807) is 0 Å². The quantitative estimate of drug-likeness (QED) is 0.839. The summed E-state index contributed by atoms with van der Waals surface area (Å²) in [4.78, 5) is 4.39. The van der Waals surface area contributed by atoms with Crippen molar-refractivity contribution in [2.45, 2.75) is 39.2 Å². The molecule has 2 unspecified atom stereocenters. The van der Waals surface area contributed by atoms with Crippen molar-refractivity contribution in [3.05, 3.63) is 52.0 Å². The van der Waals surface area contributed by atoms with Crippen LogP contribution in [-0.2, 0) is 10.0 Å². The molecule has 2 aromatic rings. The Morgan fingerprint density at radius 1 is 1.27 bits per heavy atom. The number of aryl methyl sites for hydroxylation is 1. The van der Waals surface area contributed by atoms with Crippen LogP contribution in [0.5, 0.6) is 0 Å². The topological polar surface area (TPSA) is 59.1 Å². The molecular formula is C16H22N2O2S2. The largest absolute Gasteiger partial charge is 0.245 e. The Balaban J connectivity index is 2.06. The van der Waals surface area contributed by atoms with Gasteiger partial charge in [-0.25, -0.2) is 18.1 Å². The first-order chi connectivity index (χ1) is 10.4. The predicted octanol–water partition coefficient (Wildman–Crippen LogP) is 3.63. The van der Waals surface area contributed by atoms with Crippen LogP contribution in [0.25, 0.3) is 0 Å². The van der Waals surface area contributed by atoms with Crippen LogP contribution in [0.3, 0.4) is 0 Å². The first-order valence-corrected chi connectivity index (χ1v) is 9.91. The van der Waals surface area contributed by atoms with E-state index in [-0.39, 0.29) is 17.7 Å². The summed E-state index contributed by atoms with van der Waals surface area (Å²) >= 11 is 1.50. The summed E-state index contributed by atoms with van der Waals surface area (Å²) in [6.45, 7) is 5.81. The Morgan fingerprint density at radius 3 is 2.50 bits per heavy atom. The lowest BCUT2D eigenvalue weighted by Gasteiger charge is -2.17. The van der Waals surface area contributed by atoms with E-state index in [0.29, 0.717) is 6.42 Å². The minimum atomic E-state index is -3.36. The maximum Gasteiger partial charge on any atom is 0.212 e. The Hall–Kier alpha value is -1.24. The second-order valence-corrected chi connectivity index (χ2v) is 8.19. The van der Waals surface area contributed by atoms with Crippen LogP contribution in [0.2, 0.25) is 0 Å². The third-order valence-corrected chi connectivity index (χ3v) is 6.16. The first-order valence-electron chi connectivity index (χ1n) is 7.38. The Kier molecular flexibility index (Phi) is 5.72. The first kappa shape index (κ1) is 17.1. The number of rotatable bonds is 7. The van der Waals surface area contributed by atoms with Gasteiger partial charge in [-0.2, -0.15) is 0 Å². The van der Waals surface area contributed by atoms with E-state index < -0.39 is 10.0 Å². The van der Waals surface area contributed by atoms with Crippen molar-refractivity contribution < 1.29 is 8.42 Å². The number of thiazole rings is 1. The van der Waals surface area contributed by atoms with E-state index in [4.69, 9.17) is 0 Å². The van der Waals surface area contributed by atoms with Gasteiger partial charge in [0, 0.05) is 11.1 Å². The summed E-state index contributed by atoms with van der Waals surface area (Å²) in [6.07, 6.45) is 0.686. The van der Waals surface area contributed by atoms with Gasteiger partial charge in [0.2, 0.25) is 10.0 Å². The zero-order valence-electron chi connectivity index (χ0n) is 13.1. The molecule has 6 heteroatoms. The molecule has 0 spiro atoms. The Labute approximate surface area is 136 Å². The minimum absolute atomic E-state index is 0.0470. The number of hydrogen-bond acceptors (Lipinski definition) is 4. The maximum atomic E-state index is 12.4. The number of hydrogen-bond donors (Lipinski definition) is 1. The van der Waals surface area contributed by atoms with Crippen molar-refractivity contribution >= 4 is 21.4 Å². The fourth-order valence-electron chi connectivity index (χ4n) is 2.31. The Bertz CT molecular complexity index is 696. The van der Waals surface area contributed by atoms with Gasteiger partial charge < -0.3 is 0 Å². The average Bonchev–Trinajstić information content (AvgIpc) is 2.91. The minimum Gasteiger partial charge on any atom is -0.245 e. The molecule has 0 fully saturated rings. The van der Waals surface area contributed by atoms with Crippen molar-refractivity contribution in [3.63, 3.8) is 0 Å². The molecule has 0 bridgehead atoms. The fourth-order valence-corrected chi connectivity index (χ4v) is 4.98. The van der Waals surface area contributed by atoms with E-state index in [2.05, 4.69) is 9.71 Å². The molecular weight excluding hydrogens is 316 g/mol. The lowest BCUT2D eigenvalue weighted by atomic mass is 10.0. The highest BCUT2D eigenvalue weighted by atomic mass is 32.2. The second kappa shape index (κ2) is 7.35. The smallest absolute Gasteiger partial charge is 0.212 e. The summed E-state index contributed by atoms with van der Waals surface area (Å²) in [6, 6.07) is 9.47. The lowest BCUT2D eigenvalue weighted by Crippen LogP contribution is -2.32. The molecule has 2 atom stereocenters. The third kappa shape index (κ3) is 4.63. The van der Waals surface area contributed by atoms with Gasteiger partial charge in [0.05, 0.1) is 11.8 Å². The molecule has 2 rings (SSSR count). The van der Waals surface area contributed by atoms with Gasteiger partial charge in [0.1, 0.15) is 5.01 Å². The molecule has 4 nitrogen and oxygen atoms in total. The number of nitrogens with one attached hydrogen (secondary N) is 1. The van der Waals surface area contributed by atoms with Crippen LogP contribution in [-0.4, -0.2) is 19.2 Å². The molecule has 1 aromatic heterocycles. The summed E-state index contributed by atoms with van der Waals surface area (Å²) < 4.78 is 27.7. The van der Waals surface area contributed by atoms with Gasteiger partial charge in [-0.05, 0) is 24.8 Å². The molecule has 0 aliphatic heterocycles. The monoisotopic (exact) mass is 338 g/mol. The molecule has 1 heterocycles. The summed E-state index contributed by atoms with van der Waals surface area (Å²) in [5.41, 5.74) is 1.96. The number of aromatic nitrogens is 1. The molecule has 22 heavy (non-hydrogen) atoms. The highest BCUT2D eigenvalue weighted by Crippen LogP contribution is 2.23. The molecule has 0 aliphatic carbocycles. The van der Waals surface area contributed by atoms with Gasteiger partial charge in [0.15, 0.2) is 0 Å². The van der Waals surface area contributed by atoms with Crippen molar-refractivity contribution in [3.8, 4) is 0 Å². The zero-order chi connectivity index (χ0) is 16.2. The van der Waals surface area contributed by atoms with E-state index in [1.165, 1.54) is 11.3 Å². The highest BCUT2D eigenvalue weighted by molar-refractivity contribution is 7.89. The van der Waals surface area contributed by atoms with Crippen molar-refractivity contribution in [1.29, 1.82) is 0 Å². The van der Waals surface area contributed by atoms with Crippen LogP contribution in [0.4, 0.5) is 0 Å². The number of sulfonamides is 1. The molecule has 0 saturated carbocycles. The van der Waals surface area contributed by atoms with Crippen LogP contribution < -0.4 is 4.72 Å². The van der Waals surface area contributed by atoms with Crippen molar-refractivity contribution in [2.24, 2.45) is 0 Å². The van der Waals surface area contributed by atoms with Crippen LogP contribution in [0.15, 0.2) is 35.7 Å². The van der Waals surface area contributed by atoms with Gasteiger partial charge in [-0.15, -0.1) is 11.3 Å². The van der Waals surface area contributed by atoms with Crippen molar-refractivity contribution in [2.75, 3.05) is 5.75 Å². The SMILES string of the molecule is CCC(NS(=O)(=O)CC(C)c1ccccc1)c1nc(C)cs1.